The van der Waals surface area contributed by atoms with Crippen molar-refractivity contribution in [3.63, 3.8) is 0 Å². The van der Waals surface area contributed by atoms with Crippen LogP contribution in [0.2, 0.25) is 0 Å². The average molecular weight is 469 g/mol. The van der Waals surface area contributed by atoms with Gasteiger partial charge in [-0.05, 0) is 56.5 Å². The van der Waals surface area contributed by atoms with Crippen molar-refractivity contribution in [2.24, 2.45) is 0 Å². The van der Waals surface area contributed by atoms with Gasteiger partial charge in [-0.15, -0.1) is 0 Å². The maximum atomic E-state index is 13.3. The van der Waals surface area contributed by atoms with Crippen LogP contribution in [0.3, 0.4) is 0 Å². The summed E-state index contributed by atoms with van der Waals surface area (Å²) in [5.41, 5.74) is 1.45. The minimum Gasteiger partial charge on any atom is -0.423 e. The van der Waals surface area contributed by atoms with E-state index in [1.807, 2.05) is 0 Å². The van der Waals surface area contributed by atoms with Crippen molar-refractivity contribution < 1.29 is 22.4 Å². The molecule has 33 heavy (non-hydrogen) atoms. The number of carbonyl (C=O) groups excluding carboxylic acids is 2. The van der Waals surface area contributed by atoms with Crippen molar-refractivity contribution >= 4 is 38.4 Å². The molecule has 1 saturated heterocycles. The number of Topliss-reactive ketones (excluding diaryl/α,β-unsaturated/α-hetero) is 1. The average Bonchev–Trinajstić information content (AvgIpc) is 2.78. The number of ketones is 1. The predicted molar refractivity (Wildman–Crippen MR) is 124 cm³/mol. The summed E-state index contributed by atoms with van der Waals surface area (Å²) in [6, 6.07) is 11.2. The van der Waals surface area contributed by atoms with E-state index in [-0.39, 0.29) is 17.2 Å². The molecule has 2 heterocycles. The molecule has 0 bridgehead atoms. The van der Waals surface area contributed by atoms with Gasteiger partial charge < -0.3 is 9.73 Å². The van der Waals surface area contributed by atoms with Crippen molar-refractivity contribution in [1.82, 2.24) is 4.31 Å². The number of nitrogens with zero attached hydrogens (tertiary/aromatic N) is 1. The molecule has 1 aliphatic rings. The van der Waals surface area contributed by atoms with Crippen LogP contribution in [0, 0.1) is 6.92 Å². The standard InChI is InChI=1S/C24H24N2O6S/c1-15-13-23(28)32-22-14-18(8-11-20(15)22)25-24(29)21-5-3-4-12-26(21)33(30,31)19-9-6-17(7-10-19)16(2)27/h6-11,13-14,21H,3-5,12H2,1-2H3,(H,25,29)/t21-/m1/s1. The third-order valence-electron chi connectivity index (χ3n) is 5.84. The summed E-state index contributed by atoms with van der Waals surface area (Å²) in [6.45, 7) is 3.43. The lowest BCUT2D eigenvalue weighted by Crippen LogP contribution is -2.49. The Balaban J connectivity index is 1.60. The summed E-state index contributed by atoms with van der Waals surface area (Å²) in [7, 11) is -3.94. The first-order chi connectivity index (χ1) is 15.7. The van der Waals surface area contributed by atoms with E-state index < -0.39 is 27.6 Å². The molecule has 3 aromatic rings. The Bertz CT molecular complexity index is 1390. The lowest BCUT2D eigenvalue weighted by molar-refractivity contribution is -0.120. The number of nitrogens with one attached hydrogen (secondary N) is 1. The molecule has 1 amide bonds. The van der Waals surface area contributed by atoms with Gasteiger partial charge in [-0.1, -0.05) is 18.6 Å². The van der Waals surface area contributed by atoms with Gasteiger partial charge in [0.15, 0.2) is 5.78 Å². The van der Waals surface area contributed by atoms with Crippen LogP contribution in [0.1, 0.15) is 42.1 Å². The first kappa shape index (κ1) is 22.9. The number of amides is 1. The minimum atomic E-state index is -3.94. The molecule has 0 aliphatic carbocycles. The molecule has 0 saturated carbocycles. The number of rotatable bonds is 5. The van der Waals surface area contributed by atoms with E-state index in [9.17, 15) is 22.8 Å². The molecule has 1 aromatic heterocycles. The van der Waals surface area contributed by atoms with Crippen molar-refractivity contribution in [2.75, 3.05) is 11.9 Å². The molecule has 0 radical (unpaired) electrons. The number of hydrogen-bond donors (Lipinski definition) is 1. The van der Waals surface area contributed by atoms with E-state index in [2.05, 4.69) is 5.32 Å². The van der Waals surface area contributed by atoms with E-state index in [1.165, 1.54) is 41.6 Å². The highest BCUT2D eigenvalue weighted by Gasteiger charge is 2.37. The van der Waals surface area contributed by atoms with Gasteiger partial charge in [-0.25, -0.2) is 13.2 Å². The quantitative estimate of drug-likeness (QED) is 0.453. The summed E-state index contributed by atoms with van der Waals surface area (Å²) < 4.78 is 33.0. The Hall–Kier alpha value is -3.30. The number of benzene rings is 2. The SMILES string of the molecule is CC(=O)c1ccc(S(=O)(=O)N2CCCC[C@@H]2C(=O)Nc2ccc3c(C)cc(=O)oc3c2)cc1. The van der Waals surface area contributed by atoms with Crippen molar-refractivity contribution in [3.05, 3.63) is 70.1 Å². The van der Waals surface area contributed by atoms with Gasteiger partial charge in [-0.2, -0.15) is 4.31 Å². The fraction of sp³-hybridized carbons (Fsp3) is 0.292. The highest BCUT2D eigenvalue weighted by molar-refractivity contribution is 7.89. The van der Waals surface area contributed by atoms with Crippen LogP contribution in [0.5, 0.6) is 0 Å². The van der Waals surface area contributed by atoms with Crippen LogP contribution >= 0.6 is 0 Å². The first-order valence-electron chi connectivity index (χ1n) is 10.6. The van der Waals surface area contributed by atoms with E-state index in [4.69, 9.17) is 4.42 Å². The largest absolute Gasteiger partial charge is 0.423 e. The normalized spacial score (nSPS) is 17.1. The zero-order valence-corrected chi connectivity index (χ0v) is 19.1. The fourth-order valence-electron chi connectivity index (χ4n) is 4.08. The number of anilines is 1. The monoisotopic (exact) mass is 468 g/mol. The summed E-state index contributed by atoms with van der Waals surface area (Å²) in [4.78, 5) is 36.3. The Morgan fingerprint density at radius 1 is 1.06 bits per heavy atom. The number of fused-ring (bicyclic) bond motifs is 1. The van der Waals surface area contributed by atoms with Crippen LogP contribution in [-0.4, -0.2) is 37.0 Å². The predicted octanol–water partition coefficient (Wildman–Crippen LogP) is 3.49. The Kier molecular flexibility index (Phi) is 6.18. The molecule has 1 atom stereocenters. The minimum absolute atomic E-state index is 0.0372. The zero-order chi connectivity index (χ0) is 23.8. The Morgan fingerprint density at radius 2 is 1.79 bits per heavy atom. The number of carbonyl (C=O) groups is 2. The van der Waals surface area contributed by atoms with Gasteiger partial charge in [0, 0.05) is 35.3 Å². The van der Waals surface area contributed by atoms with E-state index in [1.54, 1.807) is 25.1 Å². The van der Waals surface area contributed by atoms with Gasteiger partial charge in [-0.3, -0.25) is 9.59 Å². The van der Waals surface area contributed by atoms with Gasteiger partial charge in [0.2, 0.25) is 15.9 Å². The third-order valence-corrected chi connectivity index (χ3v) is 7.77. The maximum Gasteiger partial charge on any atom is 0.336 e. The molecule has 1 N–H and O–H groups in total. The first-order valence-corrected chi connectivity index (χ1v) is 12.1. The number of aryl methyl sites for hydroxylation is 1. The van der Waals surface area contributed by atoms with E-state index >= 15 is 0 Å². The van der Waals surface area contributed by atoms with E-state index in [0.29, 0.717) is 29.7 Å². The topological polar surface area (TPSA) is 114 Å². The van der Waals surface area contributed by atoms with Crippen LogP contribution in [-0.2, 0) is 14.8 Å². The molecule has 8 nitrogen and oxygen atoms in total. The van der Waals surface area contributed by atoms with Crippen LogP contribution in [0.4, 0.5) is 5.69 Å². The lowest BCUT2D eigenvalue weighted by Gasteiger charge is -2.33. The molecular weight excluding hydrogens is 444 g/mol. The smallest absolute Gasteiger partial charge is 0.336 e. The summed E-state index contributed by atoms with van der Waals surface area (Å²) >= 11 is 0. The van der Waals surface area contributed by atoms with Crippen molar-refractivity contribution in [2.45, 2.75) is 44.0 Å². The van der Waals surface area contributed by atoms with Crippen LogP contribution < -0.4 is 10.9 Å². The molecule has 0 spiro atoms. The number of hydrogen-bond acceptors (Lipinski definition) is 6. The van der Waals surface area contributed by atoms with Crippen molar-refractivity contribution in [3.8, 4) is 0 Å². The second kappa shape index (κ2) is 8.92. The van der Waals surface area contributed by atoms with Gasteiger partial charge in [0.05, 0.1) is 4.90 Å². The molecule has 9 heteroatoms. The Morgan fingerprint density at radius 3 is 2.48 bits per heavy atom. The maximum absolute atomic E-state index is 13.3. The van der Waals surface area contributed by atoms with Crippen LogP contribution in [0.15, 0.2) is 62.6 Å². The highest BCUT2D eigenvalue weighted by atomic mass is 32.2. The summed E-state index contributed by atoms with van der Waals surface area (Å²) in [5, 5.41) is 3.52. The summed E-state index contributed by atoms with van der Waals surface area (Å²) in [5.74, 6) is -0.608. The third kappa shape index (κ3) is 4.60. The van der Waals surface area contributed by atoms with Gasteiger partial charge in [0.1, 0.15) is 11.6 Å². The second-order valence-electron chi connectivity index (χ2n) is 8.16. The molecule has 4 rings (SSSR count). The molecule has 172 valence electrons. The summed E-state index contributed by atoms with van der Waals surface area (Å²) in [6.07, 6.45) is 1.76. The molecule has 0 unspecified atom stereocenters. The number of piperidine rings is 1. The van der Waals surface area contributed by atoms with Crippen LogP contribution in [0.25, 0.3) is 11.0 Å². The number of sulfonamides is 1. The lowest BCUT2D eigenvalue weighted by atomic mass is 10.0. The molecular formula is C24H24N2O6S. The highest BCUT2D eigenvalue weighted by Crippen LogP contribution is 2.27. The van der Waals surface area contributed by atoms with E-state index in [0.717, 1.165) is 17.4 Å². The zero-order valence-electron chi connectivity index (χ0n) is 18.3. The molecule has 1 aliphatic heterocycles. The van der Waals surface area contributed by atoms with Crippen molar-refractivity contribution in [1.29, 1.82) is 0 Å². The fourth-order valence-corrected chi connectivity index (χ4v) is 5.74. The Labute approximate surface area is 191 Å². The van der Waals surface area contributed by atoms with Gasteiger partial charge in [0.25, 0.3) is 0 Å². The molecule has 2 aromatic carbocycles. The van der Waals surface area contributed by atoms with Gasteiger partial charge >= 0.3 is 5.63 Å². The second-order valence-corrected chi connectivity index (χ2v) is 10.0. The molecule has 1 fully saturated rings.